The summed E-state index contributed by atoms with van der Waals surface area (Å²) in [6, 6.07) is 17.1. The summed E-state index contributed by atoms with van der Waals surface area (Å²) in [5.74, 6) is 0.950. The van der Waals surface area contributed by atoms with Crippen LogP contribution in [-0.2, 0) is 13.0 Å². The van der Waals surface area contributed by atoms with Crippen LogP contribution in [0.4, 0.5) is 0 Å². The van der Waals surface area contributed by atoms with Gasteiger partial charge in [0, 0.05) is 17.7 Å². The number of aromatic nitrogens is 4. The Balaban J connectivity index is 1.64. The lowest BCUT2D eigenvalue weighted by Crippen LogP contribution is -2.01. The molecule has 0 saturated carbocycles. The molecule has 0 aliphatic heterocycles. The molecular formula is C22H24N4S. The number of aryl methyl sites for hydroxylation is 3. The Labute approximate surface area is 164 Å². The molecule has 0 fully saturated rings. The molecular weight excluding hydrogens is 352 g/mol. The third kappa shape index (κ3) is 3.83. The predicted octanol–water partition coefficient (Wildman–Crippen LogP) is 5.42. The van der Waals surface area contributed by atoms with Crippen molar-refractivity contribution in [3.63, 3.8) is 0 Å². The Morgan fingerprint density at radius 1 is 1.04 bits per heavy atom. The maximum Gasteiger partial charge on any atom is 0.211 e. The molecule has 2 heterocycles. The summed E-state index contributed by atoms with van der Waals surface area (Å²) in [5, 5.41) is 10.9. The van der Waals surface area contributed by atoms with Crippen molar-refractivity contribution in [3.05, 3.63) is 59.7 Å². The number of hydrogen-bond donors (Lipinski definition) is 0. The van der Waals surface area contributed by atoms with Crippen LogP contribution in [0.25, 0.3) is 22.1 Å². The fourth-order valence-electron chi connectivity index (χ4n) is 3.36. The van der Waals surface area contributed by atoms with E-state index in [1.54, 1.807) is 11.8 Å². The number of fused-ring (bicyclic) bond motifs is 3. The van der Waals surface area contributed by atoms with E-state index in [4.69, 9.17) is 4.98 Å². The van der Waals surface area contributed by atoms with E-state index in [0.717, 1.165) is 53.3 Å². The van der Waals surface area contributed by atoms with Gasteiger partial charge in [-0.2, -0.15) is 0 Å². The van der Waals surface area contributed by atoms with E-state index in [0.29, 0.717) is 0 Å². The first kappa shape index (κ1) is 18.0. The van der Waals surface area contributed by atoms with Crippen LogP contribution in [0.5, 0.6) is 0 Å². The van der Waals surface area contributed by atoms with Crippen LogP contribution < -0.4 is 0 Å². The molecule has 0 spiro atoms. The van der Waals surface area contributed by atoms with Crippen LogP contribution >= 0.6 is 11.8 Å². The van der Waals surface area contributed by atoms with Gasteiger partial charge in [-0.1, -0.05) is 67.1 Å². The highest BCUT2D eigenvalue weighted by Crippen LogP contribution is 2.28. The molecule has 0 atom stereocenters. The molecule has 4 nitrogen and oxygen atoms in total. The average molecular weight is 377 g/mol. The van der Waals surface area contributed by atoms with E-state index in [2.05, 4.69) is 77.1 Å². The van der Waals surface area contributed by atoms with Gasteiger partial charge < -0.3 is 4.57 Å². The Kier molecular flexibility index (Phi) is 5.39. The van der Waals surface area contributed by atoms with Crippen molar-refractivity contribution >= 4 is 33.8 Å². The SMILES string of the molecule is CCCCn1c2ccc(C)cc2c2nnc(SCCc3ccccc3)nc21. The molecule has 2 aromatic carbocycles. The van der Waals surface area contributed by atoms with E-state index < -0.39 is 0 Å². The van der Waals surface area contributed by atoms with E-state index >= 15 is 0 Å². The first-order valence-corrected chi connectivity index (χ1v) is 10.5. The van der Waals surface area contributed by atoms with Crippen LogP contribution in [0.15, 0.2) is 53.7 Å². The van der Waals surface area contributed by atoms with Gasteiger partial charge in [-0.05, 0) is 37.5 Å². The molecule has 2 aromatic heterocycles. The van der Waals surface area contributed by atoms with Crippen LogP contribution in [0, 0.1) is 6.92 Å². The second-order valence-corrected chi connectivity index (χ2v) is 7.94. The molecule has 0 N–H and O–H groups in total. The lowest BCUT2D eigenvalue weighted by molar-refractivity contribution is 0.656. The highest BCUT2D eigenvalue weighted by molar-refractivity contribution is 7.99. The summed E-state index contributed by atoms with van der Waals surface area (Å²) in [6.07, 6.45) is 3.29. The lowest BCUT2D eigenvalue weighted by Gasteiger charge is -2.06. The fourth-order valence-corrected chi connectivity index (χ4v) is 4.13. The summed E-state index contributed by atoms with van der Waals surface area (Å²) in [5.41, 5.74) is 5.66. The number of hydrogen-bond acceptors (Lipinski definition) is 4. The zero-order valence-electron chi connectivity index (χ0n) is 15.9. The molecule has 0 bridgehead atoms. The zero-order valence-corrected chi connectivity index (χ0v) is 16.7. The maximum atomic E-state index is 4.88. The van der Waals surface area contributed by atoms with Crippen LogP contribution in [-0.4, -0.2) is 25.5 Å². The molecule has 0 aliphatic carbocycles. The van der Waals surface area contributed by atoms with Gasteiger partial charge in [-0.25, -0.2) is 4.98 Å². The topological polar surface area (TPSA) is 43.6 Å². The van der Waals surface area contributed by atoms with Crippen LogP contribution in [0.1, 0.15) is 30.9 Å². The van der Waals surface area contributed by atoms with Gasteiger partial charge in [0.15, 0.2) is 5.65 Å². The summed E-state index contributed by atoms with van der Waals surface area (Å²) in [6.45, 7) is 5.30. The number of thioether (sulfide) groups is 1. The molecule has 0 saturated heterocycles. The Morgan fingerprint density at radius 3 is 2.70 bits per heavy atom. The Morgan fingerprint density at radius 2 is 1.89 bits per heavy atom. The molecule has 138 valence electrons. The molecule has 0 amide bonds. The second kappa shape index (κ2) is 8.09. The average Bonchev–Trinajstić information content (AvgIpc) is 2.99. The first-order valence-electron chi connectivity index (χ1n) is 9.56. The van der Waals surface area contributed by atoms with Crippen molar-refractivity contribution in [3.8, 4) is 0 Å². The van der Waals surface area contributed by atoms with Crippen molar-refractivity contribution in [2.45, 2.75) is 44.8 Å². The highest BCUT2D eigenvalue weighted by atomic mass is 32.2. The molecule has 5 heteroatoms. The van der Waals surface area contributed by atoms with Crippen LogP contribution in [0.2, 0.25) is 0 Å². The van der Waals surface area contributed by atoms with Gasteiger partial charge in [0.25, 0.3) is 0 Å². The standard InChI is InChI=1S/C22H24N4S/c1-3-4-13-26-19-11-10-16(2)15-18(19)20-21(26)23-22(25-24-20)27-14-12-17-8-6-5-7-9-17/h5-11,15H,3-4,12-14H2,1-2H3. The van der Waals surface area contributed by atoms with Crippen molar-refractivity contribution in [1.82, 2.24) is 19.7 Å². The van der Waals surface area contributed by atoms with Crippen molar-refractivity contribution in [2.75, 3.05) is 5.75 Å². The van der Waals surface area contributed by atoms with Gasteiger partial charge in [0.2, 0.25) is 5.16 Å². The van der Waals surface area contributed by atoms with Crippen molar-refractivity contribution < 1.29 is 0 Å². The minimum absolute atomic E-state index is 0.760. The first-order chi connectivity index (χ1) is 13.3. The molecule has 4 rings (SSSR count). The number of nitrogens with zero attached hydrogens (tertiary/aromatic N) is 4. The van der Waals surface area contributed by atoms with Crippen LogP contribution in [0.3, 0.4) is 0 Å². The van der Waals surface area contributed by atoms with E-state index in [1.165, 1.54) is 16.6 Å². The Bertz CT molecular complexity index is 1060. The number of unbranched alkanes of at least 4 members (excludes halogenated alkanes) is 1. The Hall–Kier alpha value is -2.40. The fraction of sp³-hybridized carbons (Fsp3) is 0.318. The molecule has 0 aliphatic rings. The largest absolute Gasteiger partial charge is 0.324 e. The van der Waals surface area contributed by atoms with Gasteiger partial charge in [0.05, 0.1) is 5.52 Å². The quantitative estimate of drug-likeness (QED) is 0.404. The van der Waals surface area contributed by atoms with E-state index in [1.807, 2.05) is 0 Å². The smallest absolute Gasteiger partial charge is 0.211 e. The molecule has 4 aromatic rings. The predicted molar refractivity (Wildman–Crippen MR) is 113 cm³/mol. The van der Waals surface area contributed by atoms with E-state index in [9.17, 15) is 0 Å². The van der Waals surface area contributed by atoms with E-state index in [-0.39, 0.29) is 0 Å². The van der Waals surface area contributed by atoms with Gasteiger partial charge in [-0.15, -0.1) is 10.2 Å². The number of rotatable bonds is 7. The normalized spacial score (nSPS) is 11.5. The van der Waals surface area contributed by atoms with Crippen molar-refractivity contribution in [2.24, 2.45) is 0 Å². The summed E-state index contributed by atoms with van der Waals surface area (Å²) < 4.78 is 2.31. The monoisotopic (exact) mass is 376 g/mol. The van der Waals surface area contributed by atoms with Crippen molar-refractivity contribution in [1.29, 1.82) is 0 Å². The molecule has 0 unspecified atom stereocenters. The molecule has 27 heavy (non-hydrogen) atoms. The summed E-state index contributed by atoms with van der Waals surface area (Å²) >= 11 is 1.68. The summed E-state index contributed by atoms with van der Waals surface area (Å²) in [4.78, 5) is 4.88. The maximum absolute atomic E-state index is 4.88. The minimum Gasteiger partial charge on any atom is -0.324 e. The van der Waals surface area contributed by atoms with Gasteiger partial charge >= 0.3 is 0 Å². The molecule has 0 radical (unpaired) electrons. The third-order valence-electron chi connectivity index (χ3n) is 4.80. The minimum atomic E-state index is 0.760. The zero-order chi connectivity index (χ0) is 18.6. The van der Waals surface area contributed by atoms with Gasteiger partial charge in [0.1, 0.15) is 5.52 Å². The number of benzene rings is 2. The third-order valence-corrected chi connectivity index (χ3v) is 5.64. The second-order valence-electron chi connectivity index (χ2n) is 6.88. The highest BCUT2D eigenvalue weighted by Gasteiger charge is 2.15. The lowest BCUT2D eigenvalue weighted by atomic mass is 10.2. The van der Waals surface area contributed by atoms with Gasteiger partial charge in [-0.3, -0.25) is 0 Å². The summed E-state index contributed by atoms with van der Waals surface area (Å²) in [7, 11) is 0.